The molecule has 0 bridgehead atoms. The maximum atomic E-state index is 12.7. The monoisotopic (exact) mass is 410 g/mol. The molecule has 3 aromatic rings. The Morgan fingerprint density at radius 3 is 2.41 bits per heavy atom. The van der Waals surface area contributed by atoms with Gasteiger partial charge in [0.1, 0.15) is 0 Å². The molecule has 0 aliphatic rings. The van der Waals surface area contributed by atoms with Crippen molar-refractivity contribution in [3.05, 3.63) is 53.1 Å². The predicted octanol–water partition coefficient (Wildman–Crippen LogP) is 5.48. The van der Waals surface area contributed by atoms with Crippen LogP contribution in [0.3, 0.4) is 0 Å². The topological polar surface area (TPSA) is 83.1 Å². The summed E-state index contributed by atoms with van der Waals surface area (Å²) in [5.41, 5.74) is 3.87. The summed E-state index contributed by atoms with van der Waals surface area (Å²) in [6, 6.07) is 11.0. The summed E-state index contributed by atoms with van der Waals surface area (Å²) >= 11 is 1.34. The lowest BCUT2D eigenvalue weighted by Gasteiger charge is -2.24. The largest absolute Gasteiger partial charge is 0.333 e. The molecule has 0 aliphatic heterocycles. The minimum atomic E-state index is -0.292. The van der Waals surface area contributed by atoms with E-state index in [-0.39, 0.29) is 17.5 Å². The molecule has 3 N–H and O–H groups in total. The lowest BCUT2D eigenvalue weighted by Crippen LogP contribution is -2.44. The minimum absolute atomic E-state index is 0.172. The molecule has 0 spiro atoms. The van der Waals surface area contributed by atoms with Crippen LogP contribution in [0.2, 0.25) is 0 Å². The Morgan fingerprint density at radius 2 is 1.76 bits per heavy atom. The molecule has 29 heavy (non-hydrogen) atoms. The van der Waals surface area contributed by atoms with Gasteiger partial charge in [0.25, 0.3) is 5.91 Å². The van der Waals surface area contributed by atoms with Crippen LogP contribution >= 0.6 is 11.3 Å². The number of rotatable bonds is 5. The van der Waals surface area contributed by atoms with E-state index in [4.69, 9.17) is 0 Å². The highest BCUT2D eigenvalue weighted by atomic mass is 32.1. The molecule has 152 valence electrons. The quantitative estimate of drug-likeness (QED) is 0.521. The van der Waals surface area contributed by atoms with Gasteiger partial charge in [-0.15, -0.1) is 0 Å². The Hall–Kier alpha value is -2.93. The van der Waals surface area contributed by atoms with Crippen LogP contribution in [-0.2, 0) is 0 Å². The summed E-state index contributed by atoms with van der Waals surface area (Å²) in [6.45, 7) is 9.89. The molecule has 6 nitrogen and oxygen atoms in total. The number of nitrogens with one attached hydrogen (secondary N) is 3. The fraction of sp³-hybridized carbons (Fsp3) is 0.318. The van der Waals surface area contributed by atoms with Crippen molar-refractivity contribution in [2.24, 2.45) is 0 Å². The van der Waals surface area contributed by atoms with Gasteiger partial charge < -0.3 is 10.6 Å². The van der Waals surface area contributed by atoms with Crippen LogP contribution in [0.25, 0.3) is 10.2 Å². The Kier molecular flexibility index (Phi) is 5.88. The number of aromatic nitrogens is 1. The number of amides is 3. The highest BCUT2D eigenvalue weighted by Gasteiger charge is 2.19. The van der Waals surface area contributed by atoms with Gasteiger partial charge in [0.2, 0.25) is 0 Å². The van der Waals surface area contributed by atoms with Gasteiger partial charge >= 0.3 is 6.03 Å². The molecule has 7 heteroatoms. The first-order chi connectivity index (χ1) is 13.7. The molecule has 0 aliphatic carbocycles. The van der Waals surface area contributed by atoms with E-state index in [1.807, 2.05) is 52.8 Å². The van der Waals surface area contributed by atoms with Crippen LogP contribution in [0.5, 0.6) is 0 Å². The van der Waals surface area contributed by atoms with Gasteiger partial charge in [-0.3, -0.25) is 10.1 Å². The van der Waals surface area contributed by atoms with Gasteiger partial charge in [-0.25, -0.2) is 9.78 Å². The van der Waals surface area contributed by atoms with Crippen molar-refractivity contribution in [3.63, 3.8) is 0 Å². The second-order valence-corrected chi connectivity index (χ2v) is 8.77. The van der Waals surface area contributed by atoms with Gasteiger partial charge in [-0.1, -0.05) is 36.5 Å². The van der Waals surface area contributed by atoms with Gasteiger partial charge in [0.15, 0.2) is 5.13 Å². The standard InChI is InChI=1S/C22H26N4O2S/c1-6-22(4,5)26-20(28)25-21-23-16-11-10-15(12-17(16)29-21)19(27)24-18-13(2)8-7-9-14(18)3/h7-12H,6H2,1-5H3,(H,24,27)(H2,23,25,26,28). The molecular formula is C22H26N4O2S. The van der Waals surface area contributed by atoms with Crippen LogP contribution in [0.1, 0.15) is 48.7 Å². The van der Waals surface area contributed by atoms with Crippen LogP contribution in [0.15, 0.2) is 36.4 Å². The number of hydrogen-bond acceptors (Lipinski definition) is 4. The van der Waals surface area contributed by atoms with Crippen LogP contribution in [0, 0.1) is 13.8 Å². The van der Waals surface area contributed by atoms with Crippen molar-refractivity contribution >= 4 is 44.3 Å². The van der Waals surface area contributed by atoms with Crippen molar-refractivity contribution in [2.75, 3.05) is 10.6 Å². The number of hydrogen-bond donors (Lipinski definition) is 3. The third kappa shape index (κ3) is 4.92. The number of aryl methyl sites for hydroxylation is 2. The van der Waals surface area contributed by atoms with Crippen molar-refractivity contribution in [2.45, 2.75) is 46.6 Å². The normalized spacial score (nSPS) is 11.3. The molecule has 0 saturated heterocycles. The number of carbonyl (C=O) groups is 2. The highest BCUT2D eigenvalue weighted by Crippen LogP contribution is 2.28. The lowest BCUT2D eigenvalue weighted by molar-refractivity contribution is 0.102. The second-order valence-electron chi connectivity index (χ2n) is 7.74. The number of fused-ring (bicyclic) bond motifs is 1. The average molecular weight is 411 g/mol. The third-order valence-corrected chi connectivity index (χ3v) is 5.86. The first-order valence-electron chi connectivity index (χ1n) is 9.56. The van der Waals surface area contributed by atoms with E-state index in [1.54, 1.807) is 18.2 Å². The van der Waals surface area contributed by atoms with Crippen molar-refractivity contribution in [1.29, 1.82) is 0 Å². The number of urea groups is 1. The molecule has 1 aromatic heterocycles. The molecule has 3 amide bonds. The number of anilines is 2. The van der Waals surface area contributed by atoms with E-state index in [9.17, 15) is 9.59 Å². The SMILES string of the molecule is CCC(C)(C)NC(=O)Nc1nc2ccc(C(=O)Nc3c(C)cccc3C)cc2s1. The fourth-order valence-corrected chi connectivity index (χ4v) is 3.74. The zero-order chi connectivity index (χ0) is 21.2. The molecule has 0 fully saturated rings. The van der Waals surface area contributed by atoms with Crippen LogP contribution in [-0.4, -0.2) is 22.5 Å². The number of thiazole rings is 1. The molecule has 2 aromatic carbocycles. The molecule has 0 radical (unpaired) electrons. The van der Waals surface area contributed by atoms with E-state index < -0.39 is 0 Å². The third-order valence-electron chi connectivity index (χ3n) is 4.93. The van der Waals surface area contributed by atoms with E-state index >= 15 is 0 Å². The Morgan fingerprint density at radius 1 is 1.07 bits per heavy atom. The second kappa shape index (κ2) is 8.21. The molecule has 0 atom stereocenters. The molecule has 1 heterocycles. The maximum Gasteiger partial charge on any atom is 0.321 e. The number of carbonyl (C=O) groups excluding carboxylic acids is 2. The fourth-order valence-electron chi connectivity index (χ4n) is 2.84. The van der Waals surface area contributed by atoms with E-state index in [0.717, 1.165) is 33.5 Å². The molecule has 3 rings (SSSR count). The molecule has 0 saturated carbocycles. The van der Waals surface area contributed by atoms with E-state index in [0.29, 0.717) is 10.7 Å². The minimum Gasteiger partial charge on any atom is -0.333 e. The van der Waals surface area contributed by atoms with Gasteiger partial charge in [0, 0.05) is 16.8 Å². The number of nitrogens with zero attached hydrogens (tertiary/aromatic N) is 1. The van der Waals surface area contributed by atoms with Crippen molar-refractivity contribution < 1.29 is 9.59 Å². The smallest absolute Gasteiger partial charge is 0.321 e. The first kappa shape index (κ1) is 20.8. The zero-order valence-corrected chi connectivity index (χ0v) is 18.2. The summed E-state index contributed by atoms with van der Waals surface area (Å²) in [6.07, 6.45) is 0.819. The van der Waals surface area contributed by atoms with Gasteiger partial charge in [-0.05, 0) is 63.4 Å². The van der Waals surface area contributed by atoms with Crippen molar-refractivity contribution in [1.82, 2.24) is 10.3 Å². The Labute approximate surface area is 174 Å². The summed E-state index contributed by atoms with van der Waals surface area (Å²) in [5.74, 6) is -0.172. The van der Waals surface area contributed by atoms with E-state index in [1.165, 1.54) is 11.3 Å². The highest BCUT2D eigenvalue weighted by molar-refractivity contribution is 7.22. The summed E-state index contributed by atoms with van der Waals surface area (Å²) in [4.78, 5) is 29.4. The lowest BCUT2D eigenvalue weighted by atomic mass is 10.0. The van der Waals surface area contributed by atoms with Crippen LogP contribution < -0.4 is 16.0 Å². The zero-order valence-electron chi connectivity index (χ0n) is 17.3. The van der Waals surface area contributed by atoms with Crippen LogP contribution in [0.4, 0.5) is 15.6 Å². The van der Waals surface area contributed by atoms with Gasteiger partial charge in [-0.2, -0.15) is 0 Å². The Balaban J connectivity index is 1.77. The summed E-state index contributed by atoms with van der Waals surface area (Å²) in [5, 5.41) is 9.19. The Bertz CT molecular complexity index is 1050. The number of para-hydroxylation sites is 1. The molecular weight excluding hydrogens is 384 g/mol. The van der Waals surface area contributed by atoms with Gasteiger partial charge in [0.05, 0.1) is 10.2 Å². The summed E-state index contributed by atoms with van der Waals surface area (Å²) < 4.78 is 0.837. The predicted molar refractivity (Wildman–Crippen MR) is 120 cm³/mol. The molecule has 0 unspecified atom stereocenters. The number of benzene rings is 2. The maximum absolute atomic E-state index is 12.7. The average Bonchev–Trinajstić information content (AvgIpc) is 3.05. The summed E-state index contributed by atoms with van der Waals surface area (Å²) in [7, 11) is 0. The van der Waals surface area contributed by atoms with E-state index in [2.05, 4.69) is 20.9 Å². The van der Waals surface area contributed by atoms with Crippen molar-refractivity contribution in [3.8, 4) is 0 Å². The first-order valence-corrected chi connectivity index (χ1v) is 10.4.